The van der Waals surface area contributed by atoms with Crippen LogP contribution in [0.4, 0.5) is 28.9 Å². The summed E-state index contributed by atoms with van der Waals surface area (Å²) in [7, 11) is -3.77. The molecule has 0 unspecified atom stereocenters. The molecule has 0 radical (unpaired) electrons. The number of nitrogens with zero attached hydrogens (tertiary/aromatic N) is 3. The van der Waals surface area contributed by atoms with Gasteiger partial charge in [-0.2, -0.15) is 8.78 Å². The summed E-state index contributed by atoms with van der Waals surface area (Å²) in [5.41, 5.74) is -0.164. The molecule has 0 aromatic heterocycles. The maximum atomic E-state index is 13.1. The Morgan fingerprint density at radius 1 is 1.23 bits per heavy atom. The van der Waals surface area contributed by atoms with Crippen molar-refractivity contribution in [2.24, 2.45) is 0 Å². The molecule has 0 bridgehead atoms. The zero-order valence-corrected chi connectivity index (χ0v) is 14.6. The van der Waals surface area contributed by atoms with Crippen molar-refractivity contribution in [2.75, 3.05) is 43.9 Å². The standard InChI is InChI=1S/C14H17F4N3O4S/c1-26(24,25)12-8-10(21(22)23)2-3-11(12)20-6-4-19(5-7-20)9-14(17,18)13(15)16/h2-3,8,13H,4-7,9H2,1H3. The van der Waals surface area contributed by atoms with Crippen molar-refractivity contribution in [3.05, 3.63) is 28.3 Å². The molecule has 1 aromatic carbocycles. The molecule has 1 aliphatic rings. The fourth-order valence-electron chi connectivity index (χ4n) is 2.69. The Labute approximate surface area is 147 Å². The lowest BCUT2D eigenvalue weighted by Crippen LogP contribution is -2.51. The molecule has 7 nitrogen and oxygen atoms in total. The van der Waals surface area contributed by atoms with Crippen LogP contribution in [0.1, 0.15) is 0 Å². The highest BCUT2D eigenvalue weighted by Gasteiger charge is 2.42. The predicted octanol–water partition coefficient (Wildman–Crippen LogP) is 2.02. The summed E-state index contributed by atoms with van der Waals surface area (Å²) in [6.45, 7) is -0.776. The average molecular weight is 399 g/mol. The van der Waals surface area contributed by atoms with Gasteiger partial charge in [-0.25, -0.2) is 17.2 Å². The second-order valence-corrected chi connectivity index (χ2v) is 7.99. The Balaban J connectivity index is 2.18. The van der Waals surface area contributed by atoms with E-state index in [1.165, 1.54) is 11.0 Å². The average Bonchev–Trinajstić information content (AvgIpc) is 2.53. The molecule has 146 valence electrons. The molecule has 0 N–H and O–H groups in total. The number of hydrogen-bond donors (Lipinski definition) is 0. The monoisotopic (exact) mass is 399 g/mol. The highest BCUT2D eigenvalue weighted by molar-refractivity contribution is 7.90. The van der Waals surface area contributed by atoms with E-state index in [2.05, 4.69) is 0 Å². The number of halogens is 4. The Morgan fingerprint density at radius 2 is 1.81 bits per heavy atom. The van der Waals surface area contributed by atoms with Gasteiger partial charge in [-0.05, 0) is 6.07 Å². The second kappa shape index (κ2) is 7.35. The van der Waals surface area contributed by atoms with Gasteiger partial charge in [0.05, 0.1) is 22.1 Å². The number of benzene rings is 1. The third-order valence-corrected chi connectivity index (χ3v) is 5.15. The number of piperazine rings is 1. The van der Waals surface area contributed by atoms with E-state index in [4.69, 9.17) is 0 Å². The smallest absolute Gasteiger partial charge is 0.319 e. The van der Waals surface area contributed by atoms with E-state index in [1.54, 1.807) is 4.90 Å². The topological polar surface area (TPSA) is 83.8 Å². The van der Waals surface area contributed by atoms with Crippen molar-refractivity contribution in [2.45, 2.75) is 17.2 Å². The molecule has 2 rings (SSSR count). The molecule has 0 aliphatic carbocycles. The Hall–Kier alpha value is -1.95. The second-order valence-electron chi connectivity index (χ2n) is 6.01. The van der Waals surface area contributed by atoms with Gasteiger partial charge in [-0.1, -0.05) is 0 Å². The lowest BCUT2D eigenvalue weighted by molar-refractivity contribution is -0.385. The number of rotatable bonds is 6. The SMILES string of the molecule is CS(=O)(=O)c1cc([N+](=O)[O-])ccc1N1CCN(CC(F)(F)C(F)F)CC1. The van der Waals surface area contributed by atoms with E-state index in [-0.39, 0.29) is 42.4 Å². The van der Waals surface area contributed by atoms with E-state index in [0.717, 1.165) is 18.4 Å². The lowest BCUT2D eigenvalue weighted by Gasteiger charge is -2.37. The van der Waals surface area contributed by atoms with Crippen LogP contribution in [-0.4, -0.2) is 69.6 Å². The van der Waals surface area contributed by atoms with E-state index >= 15 is 0 Å². The molecule has 0 amide bonds. The molecule has 1 aromatic rings. The molecule has 26 heavy (non-hydrogen) atoms. The van der Waals surface area contributed by atoms with Crippen molar-refractivity contribution in [3.63, 3.8) is 0 Å². The maximum absolute atomic E-state index is 13.1. The molecule has 1 fully saturated rings. The minimum atomic E-state index is -4.12. The van der Waals surface area contributed by atoms with Crippen molar-refractivity contribution in [3.8, 4) is 0 Å². The van der Waals surface area contributed by atoms with E-state index in [9.17, 15) is 36.1 Å². The first-order valence-corrected chi connectivity index (χ1v) is 9.43. The van der Waals surface area contributed by atoms with Crippen molar-refractivity contribution < 1.29 is 30.9 Å². The number of nitro benzene ring substituents is 1. The van der Waals surface area contributed by atoms with Crippen molar-refractivity contribution >= 4 is 21.2 Å². The van der Waals surface area contributed by atoms with Crippen LogP contribution in [-0.2, 0) is 9.84 Å². The third-order valence-electron chi connectivity index (χ3n) is 4.02. The van der Waals surface area contributed by atoms with Gasteiger partial charge in [0.25, 0.3) is 5.69 Å². The highest BCUT2D eigenvalue weighted by Crippen LogP contribution is 2.31. The Bertz CT molecular complexity index is 780. The quantitative estimate of drug-likeness (QED) is 0.414. The molecular formula is C14H17F4N3O4S. The molecule has 0 atom stereocenters. The minimum absolute atomic E-state index is 0.0303. The van der Waals surface area contributed by atoms with Crippen molar-refractivity contribution in [1.29, 1.82) is 0 Å². The molecule has 1 heterocycles. The van der Waals surface area contributed by atoms with Gasteiger partial charge < -0.3 is 4.90 Å². The Kier molecular flexibility index (Phi) is 5.76. The van der Waals surface area contributed by atoms with Crippen LogP contribution in [0.3, 0.4) is 0 Å². The van der Waals surface area contributed by atoms with Gasteiger partial charge in [0.1, 0.15) is 0 Å². The first kappa shape index (κ1) is 20.4. The lowest BCUT2D eigenvalue weighted by atomic mass is 10.2. The van der Waals surface area contributed by atoms with Crippen LogP contribution in [0.15, 0.2) is 23.1 Å². The van der Waals surface area contributed by atoms with Gasteiger partial charge >= 0.3 is 12.3 Å². The summed E-state index contributed by atoms with van der Waals surface area (Å²) in [4.78, 5) is 12.7. The summed E-state index contributed by atoms with van der Waals surface area (Å²) in [5.74, 6) is -4.12. The van der Waals surface area contributed by atoms with Crippen LogP contribution in [0, 0.1) is 10.1 Å². The van der Waals surface area contributed by atoms with Gasteiger partial charge in [0, 0.05) is 44.6 Å². The molecule has 12 heteroatoms. The summed E-state index contributed by atoms with van der Waals surface area (Å²) >= 11 is 0. The zero-order chi connectivity index (χ0) is 19.7. The minimum Gasteiger partial charge on any atom is -0.368 e. The van der Waals surface area contributed by atoms with Crippen LogP contribution < -0.4 is 4.90 Å². The van der Waals surface area contributed by atoms with Gasteiger partial charge in [-0.3, -0.25) is 15.0 Å². The zero-order valence-electron chi connectivity index (χ0n) is 13.7. The summed E-state index contributed by atoms with van der Waals surface area (Å²) in [5, 5.41) is 10.9. The number of nitro groups is 1. The summed E-state index contributed by atoms with van der Waals surface area (Å²) < 4.78 is 74.8. The fraction of sp³-hybridized carbons (Fsp3) is 0.571. The van der Waals surface area contributed by atoms with Gasteiger partial charge in [-0.15, -0.1) is 0 Å². The third kappa shape index (κ3) is 4.61. The van der Waals surface area contributed by atoms with E-state index in [1.807, 2.05) is 0 Å². The van der Waals surface area contributed by atoms with Crippen LogP contribution in [0.2, 0.25) is 0 Å². The van der Waals surface area contributed by atoms with Gasteiger partial charge in [0.15, 0.2) is 9.84 Å². The number of non-ortho nitro benzene ring substituents is 1. The van der Waals surface area contributed by atoms with Crippen LogP contribution in [0.5, 0.6) is 0 Å². The fourth-order valence-corrected chi connectivity index (χ4v) is 3.60. The molecular weight excluding hydrogens is 382 g/mol. The van der Waals surface area contributed by atoms with Crippen LogP contribution >= 0.6 is 0 Å². The Morgan fingerprint density at radius 3 is 2.27 bits per heavy atom. The normalized spacial score (nSPS) is 16.9. The van der Waals surface area contributed by atoms with Crippen molar-refractivity contribution in [1.82, 2.24) is 4.90 Å². The maximum Gasteiger partial charge on any atom is 0.319 e. The summed E-state index contributed by atoms with van der Waals surface area (Å²) in [6.07, 6.45) is -2.85. The molecule has 1 aliphatic heterocycles. The summed E-state index contributed by atoms with van der Waals surface area (Å²) in [6, 6.07) is 3.39. The van der Waals surface area contributed by atoms with E-state index in [0.29, 0.717) is 0 Å². The van der Waals surface area contributed by atoms with Crippen LogP contribution in [0.25, 0.3) is 0 Å². The number of hydrogen-bond acceptors (Lipinski definition) is 6. The number of anilines is 1. The largest absolute Gasteiger partial charge is 0.368 e. The molecule has 0 saturated carbocycles. The predicted molar refractivity (Wildman–Crippen MR) is 85.8 cm³/mol. The van der Waals surface area contributed by atoms with Gasteiger partial charge in [0.2, 0.25) is 0 Å². The first-order valence-electron chi connectivity index (χ1n) is 7.53. The number of alkyl halides is 4. The first-order chi connectivity index (χ1) is 11.9. The number of sulfone groups is 1. The highest BCUT2D eigenvalue weighted by atomic mass is 32.2. The molecule has 1 saturated heterocycles. The van der Waals surface area contributed by atoms with E-state index < -0.39 is 33.7 Å². The molecule has 0 spiro atoms.